The largest absolute Gasteiger partial charge is 0.480 e. The van der Waals surface area contributed by atoms with E-state index in [4.69, 9.17) is 5.11 Å². The molecule has 6 nitrogen and oxygen atoms in total. The molecule has 3 N–H and O–H groups in total. The molecular weight excluding hydrogens is 248 g/mol. The number of amides is 2. The molecule has 0 aliphatic carbocycles. The van der Waals surface area contributed by atoms with Gasteiger partial charge in [-0.25, -0.2) is 0 Å². The van der Waals surface area contributed by atoms with Gasteiger partial charge in [-0.15, -0.1) is 0 Å². The van der Waals surface area contributed by atoms with Crippen molar-refractivity contribution in [3.05, 3.63) is 41.6 Å². The van der Waals surface area contributed by atoms with Crippen LogP contribution in [0.25, 0.3) is 6.08 Å². The van der Waals surface area contributed by atoms with E-state index in [1.807, 2.05) is 6.07 Å². The van der Waals surface area contributed by atoms with Crippen LogP contribution in [-0.2, 0) is 14.4 Å². The second-order valence-electron chi connectivity index (χ2n) is 3.73. The molecule has 1 rings (SSSR count). The monoisotopic (exact) mass is 262 g/mol. The highest BCUT2D eigenvalue weighted by Crippen LogP contribution is 2.04. The zero-order valence-corrected chi connectivity index (χ0v) is 10.3. The van der Waals surface area contributed by atoms with Crippen LogP contribution in [-0.4, -0.2) is 29.4 Å². The minimum absolute atomic E-state index is 0.0000463. The third-order valence-corrected chi connectivity index (χ3v) is 2.07. The van der Waals surface area contributed by atoms with Crippen LogP contribution < -0.4 is 10.6 Å². The molecule has 0 aromatic heterocycles. The van der Waals surface area contributed by atoms with E-state index >= 15 is 0 Å². The van der Waals surface area contributed by atoms with Gasteiger partial charge in [0.25, 0.3) is 5.91 Å². The van der Waals surface area contributed by atoms with Crippen molar-refractivity contribution in [1.82, 2.24) is 10.6 Å². The molecular formula is C13H14N2O4. The second kappa shape index (κ2) is 6.95. The lowest BCUT2D eigenvalue weighted by atomic mass is 10.2. The van der Waals surface area contributed by atoms with Crippen LogP contribution in [0.5, 0.6) is 0 Å². The van der Waals surface area contributed by atoms with Crippen molar-refractivity contribution in [2.75, 3.05) is 6.54 Å². The quantitative estimate of drug-likeness (QED) is 0.668. The van der Waals surface area contributed by atoms with E-state index in [0.29, 0.717) is 0 Å². The summed E-state index contributed by atoms with van der Waals surface area (Å²) in [6.45, 7) is 0.758. The second-order valence-corrected chi connectivity index (χ2v) is 3.73. The van der Waals surface area contributed by atoms with Gasteiger partial charge in [-0.05, 0) is 11.6 Å². The molecule has 0 saturated carbocycles. The number of aliphatic carboxylic acids is 1. The third kappa shape index (κ3) is 5.49. The normalized spacial score (nSPS) is 10.7. The van der Waals surface area contributed by atoms with Crippen molar-refractivity contribution in [1.29, 1.82) is 0 Å². The van der Waals surface area contributed by atoms with E-state index in [1.54, 1.807) is 24.3 Å². The van der Waals surface area contributed by atoms with Crippen LogP contribution >= 0.6 is 0 Å². The van der Waals surface area contributed by atoms with Crippen molar-refractivity contribution in [3.63, 3.8) is 0 Å². The van der Waals surface area contributed by atoms with Gasteiger partial charge in [-0.3, -0.25) is 14.4 Å². The van der Waals surface area contributed by atoms with Crippen LogP contribution in [0.1, 0.15) is 12.5 Å². The van der Waals surface area contributed by atoms with E-state index in [9.17, 15) is 14.4 Å². The third-order valence-electron chi connectivity index (χ3n) is 2.07. The van der Waals surface area contributed by atoms with E-state index in [-0.39, 0.29) is 5.70 Å². The van der Waals surface area contributed by atoms with Crippen molar-refractivity contribution in [3.8, 4) is 0 Å². The first-order valence-electron chi connectivity index (χ1n) is 5.53. The molecule has 1 aromatic carbocycles. The molecule has 0 aliphatic rings. The van der Waals surface area contributed by atoms with Gasteiger partial charge in [-0.2, -0.15) is 0 Å². The number of hydrogen-bond donors (Lipinski definition) is 3. The first kappa shape index (κ1) is 14.4. The fourth-order valence-electron chi connectivity index (χ4n) is 1.32. The summed E-state index contributed by atoms with van der Waals surface area (Å²) >= 11 is 0. The molecule has 100 valence electrons. The van der Waals surface area contributed by atoms with Gasteiger partial charge in [-0.1, -0.05) is 30.3 Å². The molecule has 0 bridgehead atoms. The van der Waals surface area contributed by atoms with Crippen molar-refractivity contribution in [2.24, 2.45) is 0 Å². The number of carboxylic acids is 1. The van der Waals surface area contributed by atoms with Gasteiger partial charge in [0.2, 0.25) is 5.91 Å². The Morgan fingerprint density at radius 2 is 1.84 bits per heavy atom. The molecule has 1 aromatic rings. The Hall–Kier alpha value is -2.63. The summed E-state index contributed by atoms with van der Waals surface area (Å²) in [6, 6.07) is 8.90. The molecule has 0 saturated heterocycles. The Kier molecular flexibility index (Phi) is 5.28. The van der Waals surface area contributed by atoms with Crippen molar-refractivity contribution in [2.45, 2.75) is 6.92 Å². The summed E-state index contributed by atoms with van der Waals surface area (Å²) in [5.74, 6) is -2.22. The fraction of sp³-hybridized carbons (Fsp3) is 0.154. The average Bonchev–Trinajstić information content (AvgIpc) is 2.36. The topological polar surface area (TPSA) is 95.5 Å². The Morgan fingerprint density at radius 1 is 1.21 bits per heavy atom. The van der Waals surface area contributed by atoms with E-state index in [2.05, 4.69) is 10.6 Å². The Balaban J connectivity index is 2.88. The average molecular weight is 262 g/mol. The Labute approximate surface area is 110 Å². The number of benzene rings is 1. The molecule has 0 aliphatic heterocycles. The Morgan fingerprint density at radius 3 is 2.37 bits per heavy atom. The fourth-order valence-corrected chi connectivity index (χ4v) is 1.32. The van der Waals surface area contributed by atoms with Gasteiger partial charge in [0.1, 0.15) is 12.2 Å². The molecule has 19 heavy (non-hydrogen) atoms. The SMILES string of the molecule is CC(=O)N/C(=C\c1ccccc1)C(=O)NCC(=O)O. The summed E-state index contributed by atoms with van der Waals surface area (Å²) in [5.41, 5.74) is 0.719. The lowest BCUT2D eigenvalue weighted by molar-refractivity contribution is -0.137. The van der Waals surface area contributed by atoms with Crippen LogP contribution in [0.15, 0.2) is 36.0 Å². The number of rotatable bonds is 5. The van der Waals surface area contributed by atoms with Gasteiger partial charge in [0.05, 0.1) is 0 Å². The maximum absolute atomic E-state index is 11.7. The summed E-state index contributed by atoms with van der Waals surface area (Å²) in [5, 5.41) is 13.0. The predicted octanol–water partition coefficient (Wildman–Crippen LogP) is 0.364. The van der Waals surface area contributed by atoms with Crippen LogP contribution in [0, 0.1) is 0 Å². The molecule has 0 unspecified atom stereocenters. The molecule has 2 amide bonds. The minimum atomic E-state index is -1.16. The van der Waals surface area contributed by atoms with Crippen LogP contribution in [0.4, 0.5) is 0 Å². The maximum Gasteiger partial charge on any atom is 0.322 e. The number of nitrogens with one attached hydrogen (secondary N) is 2. The molecule has 0 spiro atoms. The summed E-state index contributed by atoms with van der Waals surface area (Å²) in [6.07, 6.45) is 1.47. The van der Waals surface area contributed by atoms with Gasteiger partial charge >= 0.3 is 5.97 Å². The highest BCUT2D eigenvalue weighted by Gasteiger charge is 2.11. The first-order valence-corrected chi connectivity index (χ1v) is 5.53. The molecule has 0 radical (unpaired) electrons. The molecule has 0 fully saturated rings. The smallest absolute Gasteiger partial charge is 0.322 e. The zero-order chi connectivity index (χ0) is 14.3. The highest BCUT2D eigenvalue weighted by molar-refractivity contribution is 6.01. The number of carboxylic acid groups (broad SMARTS) is 1. The van der Waals surface area contributed by atoms with Gasteiger partial charge in [0.15, 0.2) is 0 Å². The standard InChI is InChI=1S/C13H14N2O4/c1-9(16)15-11(13(19)14-8-12(17)18)7-10-5-3-2-4-6-10/h2-7H,8H2,1H3,(H,14,19)(H,15,16)(H,17,18)/b11-7-. The lowest BCUT2D eigenvalue weighted by Gasteiger charge is -2.08. The number of hydrogen-bond acceptors (Lipinski definition) is 3. The van der Waals surface area contributed by atoms with Crippen molar-refractivity contribution < 1.29 is 19.5 Å². The van der Waals surface area contributed by atoms with E-state index in [0.717, 1.165) is 5.56 Å². The molecule has 0 atom stereocenters. The number of carbonyl (C=O) groups excluding carboxylic acids is 2. The molecule has 0 heterocycles. The van der Waals surface area contributed by atoms with Gasteiger partial charge in [0, 0.05) is 6.92 Å². The lowest BCUT2D eigenvalue weighted by Crippen LogP contribution is -2.36. The summed E-state index contributed by atoms with van der Waals surface area (Å²) < 4.78 is 0. The summed E-state index contributed by atoms with van der Waals surface area (Å²) in [7, 11) is 0. The van der Waals surface area contributed by atoms with Crippen molar-refractivity contribution >= 4 is 23.9 Å². The van der Waals surface area contributed by atoms with Crippen LogP contribution in [0.2, 0.25) is 0 Å². The molecule has 6 heteroatoms. The maximum atomic E-state index is 11.7. The minimum Gasteiger partial charge on any atom is -0.480 e. The zero-order valence-electron chi connectivity index (χ0n) is 10.3. The number of carbonyl (C=O) groups is 3. The Bertz CT molecular complexity index is 509. The first-order chi connectivity index (χ1) is 8.99. The van der Waals surface area contributed by atoms with E-state index in [1.165, 1.54) is 13.0 Å². The highest BCUT2D eigenvalue weighted by atomic mass is 16.4. The van der Waals surface area contributed by atoms with Gasteiger partial charge < -0.3 is 15.7 Å². The predicted molar refractivity (Wildman–Crippen MR) is 68.9 cm³/mol. The summed E-state index contributed by atoms with van der Waals surface area (Å²) in [4.78, 5) is 33.2. The van der Waals surface area contributed by atoms with E-state index < -0.39 is 24.3 Å². The van der Waals surface area contributed by atoms with Crippen LogP contribution in [0.3, 0.4) is 0 Å².